The predicted octanol–water partition coefficient (Wildman–Crippen LogP) is 5.63. The smallest absolute Gasteiger partial charge is 0.296 e. The van der Waals surface area contributed by atoms with Crippen molar-refractivity contribution in [3.8, 4) is 5.75 Å². The number of rotatable bonds is 6. The number of para-hydroxylation sites is 2. The second-order valence-corrected chi connectivity index (χ2v) is 12.4. The summed E-state index contributed by atoms with van der Waals surface area (Å²) in [6.45, 7) is 10.4. The van der Waals surface area contributed by atoms with Gasteiger partial charge in [-0.15, -0.1) is 0 Å². The number of nitrogens with one attached hydrogen (secondary N) is 1. The number of hydrogen-bond acceptors (Lipinski definition) is 6. The lowest BCUT2D eigenvalue weighted by atomic mass is 10.2. The average molecular weight is 389 g/mol. The van der Waals surface area contributed by atoms with Gasteiger partial charge in [0.25, 0.3) is 11.4 Å². The van der Waals surface area contributed by atoms with Crippen molar-refractivity contribution in [2.75, 3.05) is 5.32 Å². The van der Waals surface area contributed by atoms with Crippen molar-refractivity contribution in [2.45, 2.75) is 38.9 Å². The molecule has 0 radical (unpaired) electrons. The van der Waals surface area contributed by atoms with Gasteiger partial charge >= 0.3 is 0 Å². The molecule has 0 heterocycles. The zero-order valence-electron chi connectivity index (χ0n) is 16.0. The molecule has 0 atom stereocenters. The van der Waals surface area contributed by atoms with E-state index in [1.165, 1.54) is 30.3 Å². The molecule has 1 N–H and O–H groups in total. The molecule has 144 valence electrons. The molecule has 2 aromatic carbocycles. The Balaban J connectivity index is 2.40. The Labute approximate surface area is 158 Å². The largest absolute Gasteiger partial charge is 0.543 e. The summed E-state index contributed by atoms with van der Waals surface area (Å²) in [7, 11) is -2.15. The summed E-state index contributed by atoms with van der Waals surface area (Å²) in [5.74, 6) is 0.418. The van der Waals surface area contributed by atoms with Crippen LogP contribution < -0.4 is 9.74 Å². The van der Waals surface area contributed by atoms with E-state index in [1.54, 1.807) is 12.1 Å². The van der Waals surface area contributed by atoms with Crippen molar-refractivity contribution >= 4 is 31.1 Å². The van der Waals surface area contributed by atoms with E-state index in [0.29, 0.717) is 5.75 Å². The lowest BCUT2D eigenvalue weighted by Gasteiger charge is -2.36. The number of nitro groups is 2. The number of nitro benzene ring substituents is 2. The first-order chi connectivity index (χ1) is 12.4. The fraction of sp³-hybridized carbons (Fsp3) is 0.333. The van der Waals surface area contributed by atoms with Crippen molar-refractivity contribution < 1.29 is 14.3 Å². The predicted molar refractivity (Wildman–Crippen MR) is 107 cm³/mol. The summed E-state index contributed by atoms with van der Waals surface area (Å²) in [4.78, 5) is 21.6. The molecule has 0 aliphatic rings. The summed E-state index contributed by atoms with van der Waals surface area (Å²) in [6.07, 6.45) is 0. The molecule has 0 aromatic heterocycles. The van der Waals surface area contributed by atoms with Crippen molar-refractivity contribution in [3.05, 3.63) is 62.7 Å². The van der Waals surface area contributed by atoms with Gasteiger partial charge < -0.3 is 9.74 Å². The van der Waals surface area contributed by atoms with E-state index < -0.39 is 18.2 Å². The maximum Gasteiger partial charge on any atom is 0.296 e. The second kappa shape index (κ2) is 7.35. The Morgan fingerprint density at radius 1 is 0.926 bits per heavy atom. The highest BCUT2D eigenvalue weighted by Crippen LogP contribution is 2.40. The zero-order chi connectivity index (χ0) is 20.4. The zero-order valence-corrected chi connectivity index (χ0v) is 17.0. The van der Waals surface area contributed by atoms with Crippen LogP contribution in [0, 0.1) is 20.2 Å². The summed E-state index contributed by atoms with van der Waals surface area (Å²) in [5, 5.41) is 25.4. The minimum Gasteiger partial charge on any atom is -0.543 e. The first kappa shape index (κ1) is 20.4. The minimum absolute atomic E-state index is 0.0522. The number of nitrogens with zero attached hydrogens (tertiary/aromatic N) is 2. The van der Waals surface area contributed by atoms with Gasteiger partial charge in [0.2, 0.25) is 8.32 Å². The highest BCUT2D eigenvalue weighted by Gasteiger charge is 2.39. The molecule has 0 spiro atoms. The third-order valence-corrected chi connectivity index (χ3v) is 9.07. The Bertz CT molecular complexity index is 878. The Kier molecular flexibility index (Phi) is 5.55. The average Bonchev–Trinajstić information content (AvgIpc) is 2.55. The van der Waals surface area contributed by atoms with Crippen LogP contribution in [0.3, 0.4) is 0 Å². The fourth-order valence-corrected chi connectivity index (χ4v) is 3.19. The lowest BCUT2D eigenvalue weighted by Crippen LogP contribution is -2.43. The standard InChI is InChI=1S/C18H23N3O5Si/c1-18(2,3)27(4,5)26-13-10-11-15(17(12-13)21(24)25)19-14-8-6-7-9-16(14)20(22)23/h6-12,19H,1-5H3. The van der Waals surface area contributed by atoms with Gasteiger partial charge in [-0.3, -0.25) is 20.2 Å². The van der Waals surface area contributed by atoms with Gasteiger partial charge in [-0.2, -0.15) is 0 Å². The Morgan fingerprint density at radius 3 is 2.04 bits per heavy atom. The van der Waals surface area contributed by atoms with Gasteiger partial charge in [0.05, 0.1) is 15.9 Å². The van der Waals surface area contributed by atoms with Crippen LogP contribution in [0.2, 0.25) is 18.1 Å². The molecular formula is C18H23N3O5Si. The van der Waals surface area contributed by atoms with Crippen molar-refractivity contribution in [1.82, 2.24) is 0 Å². The van der Waals surface area contributed by atoms with Gasteiger partial charge in [0.15, 0.2) is 0 Å². The van der Waals surface area contributed by atoms with Crippen LogP contribution in [0.1, 0.15) is 20.8 Å². The number of anilines is 2. The second-order valence-electron chi connectivity index (χ2n) is 7.70. The van der Waals surface area contributed by atoms with Crippen LogP contribution in [-0.2, 0) is 0 Å². The molecule has 9 heteroatoms. The normalized spacial score (nSPS) is 11.7. The molecule has 27 heavy (non-hydrogen) atoms. The van der Waals surface area contributed by atoms with Gasteiger partial charge in [-0.1, -0.05) is 32.9 Å². The first-order valence-corrected chi connectivity index (χ1v) is 11.3. The van der Waals surface area contributed by atoms with Crippen LogP contribution >= 0.6 is 0 Å². The van der Waals surface area contributed by atoms with Crippen molar-refractivity contribution in [1.29, 1.82) is 0 Å². The summed E-state index contributed by atoms with van der Waals surface area (Å²) < 4.78 is 6.12. The van der Waals surface area contributed by atoms with Gasteiger partial charge in [0, 0.05) is 6.07 Å². The number of hydrogen-bond donors (Lipinski definition) is 1. The van der Waals surface area contributed by atoms with E-state index in [-0.39, 0.29) is 27.8 Å². The summed E-state index contributed by atoms with van der Waals surface area (Å²) >= 11 is 0. The van der Waals surface area contributed by atoms with Crippen LogP contribution in [0.4, 0.5) is 22.7 Å². The van der Waals surface area contributed by atoms with E-state index >= 15 is 0 Å². The van der Waals surface area contributed by atoms with Crippen molar-refractivity contribution in [2.24, 2.45) is 0 Å². The molecule has 0 fully saturated rings. The fourth-order valence-electron chi connectivity index (χ4n) is 2.16. The Morgan fingerprint density at radius 2 is 1.48 bits per heavy atom. The van der Waals surface area contributed by atoms with Gasteiger partial charge in [-0.25, -0.2) is 0 Å². The molecule has 2 rings (SSSR count). The molecule has 2 aromatic rings. The van der Waals surface area contributed by atoms with E-state index in [0.717, 1.165) is 0 Å². The quantitative estimate of drug-likeness (QED) is 0.390. The minimum atomic E-state index is -2.15. The topological polar surface area (TPSA) is 108 Å². The molecule has 8 nitrogen and oxygen atoms in total. The molecule has 0 saturated carbocycles. The maximum absolute atomic E-state index is 11.5. The highest BCUT2D eigenvalue weighted by atomic mass is 28.4. The van der Waals surface area contributed by atoms with Gasteiger partial charge in [-0.05, 0) is 36.3 Å². The SMILES string of the molecule is CC(C)(C)[Si](C)(C)Oc1ccc(Nc2ccccc2[N+](=O)[O-])c([N+](=O)[O-])c1. The third-order valence-electron chi connectivity index (χ3n) is 4.72. The van der Waals surface area contributed by atoms with Crippen LogP contribution in [0.5, 0.6) is 5.75 Å². The lowest BCUT2D eigenvalue weighted by molar-refractivity contribution is -0.384. The first-order valence-electron chi connectivity index (χ1n) is 8.40. The van der Waals surface area contributed by atoms with Gasteiger partial charge in [0.1, 0.15) is 17.1 Å². The number of benzene rings is 2. The molecular weight excluding hydrogens is 366 g/mol. The van der Waals surface area contributed by atoms with E-state index in [9.17, 15) is 20.2 Å². The van der Waals surface area contributed by atoms with Crippen LogP contribution in [0.25, 0.3) is 0 Å². The Hall–Kier alpha value is -2.94. The molecule has 0 aliphatic heterocycles. The summed E-state index contributed by atoms with van der Waals surface area (Å²) in [5.41, 5.74) is -0.0155. The van der Waals surface area contributed by atoms with E-state index in [2.05, 4.69) is 39.2 Å². The van der Waals surface area contributed by atoms with E-state index in [1.807, 2.05) is 0 Å². The maximum atomic E-state index is 11.5. The molecule has 0 bridgehead atoms. The summed E-state index contributed by atoms with van der Waals surface area (Å²) in [6, 6.07) is 10.5. The van der Waals surface area contributed by atoms with Crippen LogP contribution in [0.15, 0.2) is 42.5 Å². The van der Waals surface area contributed by atoms with E-state index in [4.69, 9.17) is 4.43 Å². The molecule has 0 saturated heterocycles. The molecule has 0 amide bonds. The molecule has 0 unspecified atom stereocenters. The van der Waals surface area contributed by atoms with Crippen LogP contribution in [-0.4, -0.2) is 18.2 Å². The molecule has 0 aliphatic carbocycles. The third kappa shape index (κ3) is 4.62. The van der Waals surface area contributed by atoms with Crippen molar-refractivity contribution in [3.63, 3.8) is 0 Å². The monoisotopic (exact) mass is 389 g/mol. The highest BCUT2D eigenvalue weighted by molar-refractivity contribution is 6.74.